The Morgan fingerprint density at radius 2 is 1.91 bits per heavy atom. The minimum absolute atomic E-state index is 0.154. The van der Waals surface area contributed by atoms with E-state index >= 15 is 0 Å². The summed E-state index contributed by atoms with van der Waals surface area (Å²) in [5.74, 6) is 1.40. The number of anilines is 1. The van der Waals surface area contributed by atoms with Gasteiger partial charge in [-0.3, -0.25) is 4.79 Å². The van der Waals surface area contributed by atoms with Gasteiger partial charge in [0.15, 0.2) is 0 Å². The third-order valence-electron chi connectivity index (χ3n) is 4.25. The molecular formula is C17H20BrN3O. The standard InChI is InChI=1S/C17H20BrN3O/c1-20(2)17(22)13-7-9-21(10-8-13)16-6-4-12-3-5-14(18)11-15(12)19-16/h3-6,11,13H,7-10H2,1-2H3. The second-order valence-corrected chi connectivity index (χ2v) is 6.92. The van der Waals surface area contributed by atoms with E-state index in [2.05, 4.69) is 39.0 Å². The fraction of sp³-hybridized carbons (Fsp3) is 0.412. The van der Waals surface area contributed by atoms with Crippen LogP contribution in [0.2, 0.25) is 0 Å². The number of amides is 1. The summed E-state index contributed by atoms with van der Waals surface area (Å²) in [7, 11) is 3.66. The monoisotopic (exact) mass is 361 g/mol. The second-order valence-electron chi connectivity index (χ2n) is 6.00. The molecule has 0 spiro atoms. The number of carbonyl (C=O) groups is 1. The zero-order valence-electron chi connectivity index (χ0n) is 12.9. The Morgan fingerprint density at radius 3 is 2.59 bits per heavy atom. The van der Waals surface area contributed by atoms with E-state index in [0.717, 1.165) is 47.1 Å². The maximum Gasteiger partial charge on any atom is 0.225 e. The van der Waals surface area contributed by atoms with Crippen LogP contribution in [0.1, 0.15) is 12.8 Å². The fourth-order valence-electron chi connectivity index (χ4n) is 2.98. The van der Waals surface area contributed by atoms with Gasteiger partial charge in [-0.2, -0.15) is 0 Å². The van der Waals surface area contributed by atoms with E-state index in [-0.39, 0.29) is 11.8 Å². The summed E-state index contributed by atoms with van der Waals surface area (Å²) in [5.41, 5.74) is 0.998. The highest BCUT2D eigenvalue weighted by atomic mass is 79.9. The van der Waals surface area contributed by atoms with Crippen molar-refractivity contribution in [2.24, 2.45) is 5.92 Å². The van der Waals surface area contributed by atoms with Crippen molar-refractivity contribution in [2.45, 2.75) is 12.8 Å². The van der Waals surface area contributed by atoms with Crippen LogP contribution >= 0.6 is 15.9 Å². The molecule has 5 heteroatoms. The molecule has 116 valence electrons. The first-order valence-electron chi connectivity index (χ1n) is 7.57. The molecule has 0 saturated carbocycles. The topological polar surface area (TPSA) is 36.4 Å². The van der Waals surface area contributed by atoms with Crippen LogP contribution in [0.4, 0.5) is 5.82 Å². The molecule has 0 aliphatic carbocycles. The smallest absolute Gasteiger partial charge is 0.225 e. The van der Waals surface area contributed by atoms with Crippen LogP contribution in [0.25, 0.3) is 10.9 Å². The Hall–Kier alpha value is -1.62. The van der Waals surface area contributed by atoms with E-state index in [1.165, 1.54) is 0 Å². The van der Waals surface area contributed by atoms with Crippen LogP contribution in [0.5, 0.6) is 0 Å². The van der Waals surface area contributed by atoms with Crippen LogP contribution in [-0.2, 0) is 4.79 Å². The highest BCUT2D eigenvalue weighted by Gasteiger charge is 2.26. The summed E-state index contributed by atoms with van der Waals surface area (Å²) in [4.78, 5) is 20.8. The number of pyridine rings is 1. The van der Waals surface area contributed by atoms with Crippen LogP contribution in [0.3, 0.4) is 0 Å². The average Bonchev–Trinajstić information content (AvgIpc) is 2.53. The molecule has 0 N–H and O–H groups in total. The molecule has 1 aliphatic heterocycles. The average molecular weight is 362 g/mol. The van der Waals surface area contributed by atoms with Gasteiger partial charge in [-0.1, -0.05) is 22.0 Å². The lowest BCUT2D eigenvalue weighted by Crippen LogP contribution is -2.40. The van der Waals surface area contributed by atoms with E-state index in [4.69, 9.17) is 4.98 Å². The number of piperidine rings is 1. The molecule has 2 heterocycles. The van der Waals surface area contributed by atoms with Gasteiger partial charge < -0.3 is 9.80 Å². The van der Waals surface area contributed by atoms with Gasteiger partial charge in [-0.15, -0.1) is 0 Å². The summed E-state index contributed by atoms with van der Waals surface area (Å²) < 4.78 is 1.04. The van der Waals surface area contributed by atoms with Gasteiger partial charge >= 0.3 is 0 Å². The van der Waals surface area contributed by atoms with Crippen molar-refractivity contribution in [2.75, 3.05) is 32.1 Å². The van der Waals surface area contributed by atoms with E-state index in [1.807, 2.05) is 26.2 Å². The van der Waals surface area contributed by atoms with Gasteiger partial charge in [0.1, 0.15) is 5.82 Å². The predicted octanol–water partition coefficient (Wildman–Crippen LogP) is 3.30. The quantitative estimate of drug-likeness (QED) is 0.823. The second kappa shape index (κ2) is 6.24. The molecule has 4 nitrogen and oxygen atoms in total. The van der Waals surface area contributed by atoms with Crippen molar-refractivity contribution in [1.82, 2.24) is 9.88 Å². The van der Waals surface area contributed by atoms with Crippen molar-refractivity contribution in [3.63, 3.8) is 0 Å². The Kier molecular flexibility index (Phi) is 4.34. The summed E-state index contributed by atoms with van der Waals surface area (Å²) in [6.45, 7) is 1.77. The van der Waals surface area contributed by atoms with Crippen LogP contribution in [-0.4, -0.2) is 43.0 Å². The first-order chi connectivity index (χ1) is 10.5. The maximum absolute atomic E-state index is 12.0. The molecule has 1 amide bonds. The molecule has 0 unspecified atom stereocenters. The molecular weight excluding hydrogens is 342 g/mol. The third-order valence-corrected chi connectivity index (χ3v) is 4.74. The minimum atomic E-state index is 0.154. The summed E-state index contributed by atoms with van der Waals surface area (Å²) in [6.07, 6.45) is 1.80. The lowest BCUT2D eigenvalue weighted by atomic mass is 9.95. The number of carbonyl (C=O) groups excluding carboxylic acids is 1. The largest absolute Gasteiger partial charge is 0.357 e. The number of fused-ring (bicyclic) bond motifs is 1. The molecule has 1 aliphatic rings. The van der Waals surface area contributed by atoms with Crippen LogP contribution < -0.4 is 4.90 Å². The molecule has 3 rings (SSSR count). The number of hydrogen-bond acceptors (Lipinski definition) is 3. The van der Waals surface area contributed by atoms with Gasteiger partial charge in [0.2, 0.25) is 5.91 Å². The normalized spacial score (nSPS) is 16.0. The number of rotatable bonds is 2. The minimum Gasteiger partial charge on any atom is -0.357 e. The summed E-state index contributed by atoms with van der Waals surface area (Å²) in [5, 5.41) is 1.14. The lowest BCUT2D eigenvalue weighted by Gasteiger charge is -2.33. The fourth-order valence-corrected chi connectivity index (χ4v) is 3.33. The molecule has 0 bridgehead atoms. The van der Waals surface area contributed by atoms with Crippen molar-refractivity contribution < 1.29 is 4.79 Å². The van der Waals surface area contributed by atoms with Gasteiger partial charge in [0, 0.05) is 43.0 Å². The molecule has 1 aromatic carbocycles. The predicted molar refractivity (Wildman–Crippen MR) is 93.1 cm³/mol. The van der Waals surface area contributed by atoms with Gasteiger partial charge in [-0.25, -0.2) is 4.98 Å². The third kappa shape index (κ3) is 3.09. The Morgan fingerprint density at radius 1 is 1.23 bits per heavy atom. The number of halogens is 1. The first kappa shape index (κ1) is 15.3. The van der Waals surface area contributed by atoms with Gasteiger partial charge in [0.05, 0.1) is 5.52 Å². The molecule has 1 fully saturated rings. The number of hydrogen-bond donors (Lipinski definition) is 0. The maximum atomic E-state index is 12.0. The van der Waals surface area contributed by atoms with Crippen molar-refractivity contribution in [1.29, 1.82) is 0 Å². The molecule has 22 heavy (non-hydrogen) atoms. The van der Waals surface area contributed by atoms with Crippen LogP contribution in [0, 0.1) is 5.92 Å². The molecule has 0 radical (unpaired) electrons. The lowest BCUT2D eigenvalue weighted by molar-refractivity contribution is -0.133. The molecule has 2 aromatic rings. The molecule has 1 saturated heterocycles. The van der Waals surface area contributed by atoms with Gasteiger partial charge in [0.25, 0.3) is 0 Å². The van der Waals surface area contributed by atoms with E-state index in [1.54, 1.807) is 4.90 Å². The van der Waals surface area contributed by atoms with E-state index in [9.17, 15) is 4.79 Å². The van der Waals surface area contributed by atoms with Gasteiger partial charge in [-0.05, 0) is 37.1 Å². The molecule has 1 aromatic heterocycles. The number of benzene rings is 1. The van der Waals surface area contributed by atoms with Crippen molar-refractivity contribution in [3.05, 3.63) is 34.8 Å². The SMILES string of the molecule is CN(C)C(=O)C1CCN(c2ccc3ccc(Br)cc3n2)CC1. The Labute approximate surface area is 139 Å². The summed E-state index contributed by atoms with van der Waals surface area (Å²) in [6, 6.07) is 10.3. The highest BCUT2D eigenvalue weighted by molar-refractivity contribution is 9.10. The summed E-state index contributed by atoms with van der Waals surface area (Å²) >= 11 is 3.49. The van der Waals surface area contributed by atoms with Crippen LogP contribution in [0.15, 0.2) is 34.8 Å². The number of nitrogens with zero attached hydrogens (tertiary/aromatic N) is 3. The van der Waals surface area contributed by atoms with E-state index < -0.39 is 0 Å². The number of aromatic nitrogens is 1. The van der Waals surface area contributed by atoms with E-state index in [0.29, 0.717) is 0 Å². The van der Waals surface area contributed by atoms with Crippen molar-refractivity contribution in [3.8, 4) is 0 Å². The zero-order chi connectivity index (χ0) is 15.7. The van der Waals surface area contributed by atoms with Crippen molar-refractivity contribution >= 4 is 38.6 Å². The Bertz CT molecular complexity index is 693. The highest BCUT2D eigenvalue weighted by Crippen LogP contribution is 2.26. The Balaban J connectivity index is 1.75. The molecule has 0 atom stereocenters. The zero-order valence-corrected chi connectivity index (χ0v) is 14.5. The first-order valence-corrected chi connectivity index (χ1v) is 8.36.